The van der Waals surface area contributed by atoms with E-state index in [2.05, 4.69) is 0 Å². The van der Waals surface area contributed by atoms with Crippen LogP contribution in [0.1, 0.15) is 18.6 Å². The van der Waals surface area contributed by atoms with E-state index in [1.165, 1.54) is 16.7 Å². The monoisotopic (exact) mass is 283 g/mol. The first-order chi connectivity index (χ1) is 9.02. The standard InChI is InChI=1S/C13H17NO4S/c1-8(16)9-2-3-11-12(4-9)19-7-13(18)14(11)5-10(17)6-15/h2-4,8,10,15-17H,5-7H2,1H3. The molecule has 1 amide bonds. The molecule has 2 unspecified atom stereocenters. The van der Waals surface area contributed by atoms with Crippen LogP contribution < -0.4 is 4.90 Å². The molecule has 1 aromatic rings. The summed E-state index contributed by atoms with van der Waals surface area (Å²) < 4.78 is 0. The lowest BCUT2D eigenvalue weighted by Gasteiger charge is -2.30. The van der Waals surface area contributed by atoms with Gasteiger partial charge in [0.05, 0.1) is 36.8 Å². The fourth-order valence-corrected chi connectivity index (χ4v) is 2.93. The summed E-state index contributed by atoms with van der Waals surface area (Å²) in [5.41, 5.74) is 1.52. The zero-order valence-electron chi connectivity index (χ0n) is 10.6. The summed E-state index contributed by atoms with van der Waals surface area (Å²) in [5, 5.41) is 28.0. The first-order valence-corrected chi connectivity index (χ1v) is 7.05. The molecule has 2 rings (SSSR count). The zero-order valence-corrected chi connectivity index (χ0v) is 11.4. The third-order valence-electron chi connectivity index (χ3n) is 3.01. The number of aliphatic hydroxyl groups excluding tert-OH is 3. The lowest BCUT2D eigenvalue weighted by atomic mass is 10.1. The minimum absolute atomic E-state index is 0.0803. The number of rotatable bonds is 4. The van der Waals surface area contributed by atoms with E-state index in [1.807, 2.05) is 6.07 Å². The molecule has 19 heavy (non-hydrogen) atoms. The molecule has 5 nitrogen and oxygen atoms in total. The highest BCUT2D eigenvalue weighted by Gasteiger charge is 2.26. The summed E-state index contributed by atoms with van der Waals surface area (Å²) in [6, 6.07) is 5.39. The second kappa shape index (κ2) is 5.92. The van der Waals surface area contributed by atoms with E-state index in [0.717, 1.165) is 16.1 Å². The van der Waals surface area contributed by atoms with Crippen LogP contribution in [0.4, 0.5) is 5.69 Å². The van der Waals surface area contributed by atoms with Crippen molar-refractivity contribution in [1.82, 2.24) is 0 Å². The van der Waals surface area contributed by atoms with Gasteiger partial charge in [0.2, 0.25) is 5.91 Å². The number of aliphatic hydroxyl groups is 3. The van der Waals surface area contributed by atoms with Gasteiger partial charge in [-0.25, -0.2) is 0 Å². The highest BCUT2D eigenvalue weighted by atomic mass is 32.2. The molecule has 0 bridgehead atoms. The molecular formula is C13H17NO4S. The third-order valence-corrected chi connectivity index (χ3v) is 4.04. The lowest BCUT2D eigenvalue weighted by Crippen LogP contribution is -2.41. The number of hydrogen-bond donors (Lipinski definition) is 3. The average Bonchev–Trinajstić information content (AvgIpc) is 2.41. The van der Waals surface area contributed by atoms with Crippen LogP contribution in [0.15, 0.2) is 23.1 Å². The SMILES string of the molecule is CC(O)c1ccc2c(c1)SCC(=O)N2CC(O)CO. The van der Waals surface area contributed by atoms with E-state index in [1.54, 1.807) is 19.1 Å². The molecule has 1 aliphatic heterocycles. The Balaban J connectivity index is 2.31. The fourth-order valence-electron chi connectivity index (χ4n) is 1.95. The second-order valence-electron chi connectivity index (χ2n) is 4.53. The fraction of sp³-hybridized carbons (Fsp3) is 0.462. The van der Waals surface area contributed by atoms with Gasteiger partial charge in [0.15, 0.2) is 0 Å². The van der Waals surface area contributed by atoms with E-state index in [-0.39, 0.29) is 19.1 Å². The molecule has 1 aromatic carbocycles. The van der Waals surface area contributed by atoms with Crippen molar-refractivity contribution < 1.29 is 20.1 Å². The maximum absolute atomic E-state index is 11.9. The van der Waals surface area contributed by atoms with Gasteiger partial charge in [0, 0.05) is 4.90 Å². The molecule has 104 valence electrons. The number of β-amino-alcohol motifs (C(OH)–C–C–N with tert-alkyl or cyclic N) is 1. The summed E-state index contributed by atoms with van der Waals surface area (Å²) in [4.78, 5) is 14.3. The molecule has 0 aromatic heterocycles. The Labute approximate surface area is 115 Å². The van der Waals surface area contributed by atoms with Gasteiger partial charge >= 0.3 is 0 Å². The Morgan fingerprint density at radius 1 is 1.42 bits per heavy atom. The van der Waals surface area contributed by atoms with Crippen molar-refractivity contribution in [2.45, 2.75) is 24.0 Å². The highest BCUT2D eigenvalue weighted by molar-refractivity contribution is 8.00. The smallest absolute Gasteiger partial charge is 0.237 e. The summed E-state index contributed by atoms with van der Waals surface area (Å²) >= 11 is 1.42. The molecule has 0 saturated carbocycles. The quantitative estimate of drug-likeness (QED) is 0.751. The van der Waals surface area contributed by atoms with Crippen LogP contribution in [-0.4, -0.2) is 46.2 Å². The van der Waals surface area contributed by atoms with Gasteiger partial charge in [0.1, 0.15) is 0 Å². The summed E-state index contributed by atoms with van der Waals surface area (Å²) in [7, 11) is 0. The molecule has 0 radical (unpaired) electrons. The molecule has 6 heteroatoms. The van der Waals surface area contributed by atoms with Crippen LogP contribution in [0.25, 0.3) is 0 Å². The maximum atomic E-state index is 11.9. The van der Waals surface area contributed by atoms with Crippen molar-refractivity contribution >= 4 is 23.4 Å². The summed E-state index contributed by atoms with van der Waals surface area (Å²) in [6.45, 7) is 1.39. The van der Waals surface area contributed by atoms with Crippen LogP contribution in [0, 0.1) is 0 Å². The van der Waals surface area contributed by atoms with Gasteiger partial charge in [-0.1, -0.05) is 6.07 Å². The number of hydrogen-bond acceptors (Lipinski definition) is 5. The zero-order chi connectivity index (χ0) is 14.0. The summed E-state index contributed by atoms with van der Waals surface area (Å²) in [6.07, 6.45) is -1.50. The predicted octanol–water partition coefficient (Wildman–Crippen LogP) is 0.532. The molecule has 0 spiro atoms. The van der Waals surface area contributed by atoms with E-state index in [9.17, 15) is 15.0 Å². The molecule has 0 aliphatic carbocycles. The average molecular weight is 283 g/mol. The van der Waals surface area contributed by atoms with Gasteiger partial charge in [-0.2, -0.15) is 0 Å². The largest absolute Gasteiger partial charge is 0.394 e. The number of nitrogens with zero attached hydrogens (tertiary/aromatic N) is 1. The van der Waals surface area contributed by atoms with E-state index >= 15 is 0 Å². The van der Waals surface area contributed by atoms with Crippen LogP contribution in [0.5, 0.6) is 0 Å². The van der Waals surface area contributed by atoms with Gasteiger partial charge < -0.3 is 20.2 Å². The van der Waals surface area contributed by atoms with Crippen molar-refractivity contribution in [2.24, 2.45) is 0 Å². The van der Waals surface area contributed by atoms with Gasteiger partial charge in [0.25, 0.3) is 0 Å². The molecule has 2 atom stereocenters. The number of carbonyl (C=O) groups excluding carboxylic acids is 1. The van der Waals surface area contributed by atoms with Crippen molar-refractivity contribution in [2.75, 3.05) is 23.8 Å². The molecule has 3 N–H and O–H groups in total. The number of fused-ring (bicyclic) bond motifs is 1. The summed E-state index contributed by atoms with van der Waals surface area (Å²) in [5.74, 6) is 0.212. The number of anilines is 1. The van der Waals surface area contributed by atoms with E-state index in [4.69, 9.17) is 5.11 Å². The first kappa shape index (κ1) is 14.3. The molecule has 1 heterocycles. The van der Waals surface area contributed by atoms with Crippen molar-refractivity contribution in [1.29, 1.82) is 0 Å². The molecule has 0 fully saturated rings. The van der Waals surface area contributed by atoms with Gasteiger partial charge in [-0.05, 0) is 24.6 Å². The highest BCUT2D eigenvalue weighted by Crippen LogP contribution is 2.37. The topological polar surface area (TPSA) is 81.0 Å². The van der Waals surface area contributed by atoms with Gasteiger partial charge in [-0.15, -0.1) is 11.8 Å². The minimum atomic E-state index is -0.948. The van der Waals surface area contributed by atoms with Crippen LogP contribution >= 0.6 is 11.8 Å². The van der Waals surface area contributed by atoms with Crippen LogP contribution in [-0.2, 0) is 4.79 Å². The van der Waals surface area contributed by atoms with Gasteiger partial charge in [-0.3, -0.25) is 4.79 Å². The Morgan fingerprint density at radius 3 is 2.79 bits per heavy atom. The maximum Gasteiger partial charge on any atom is 0.237 e. The third kappa shape index (κ3) is 3.09. The Bertz CT molecular complexity index is 478. The Hall–Kier alpha value is -1.08. The van der Waals surface area contributed by atoms with Crippen LogP contribution in [0.3, 0.4) is 0 Å². The number of amides is 1. The molecule has 0 saturated heterocycles. The molecular weight excluding hydrogens is 266 g/mol. The van der Waals surface area contributed by atoms with E-state index in [0.29, 0.717) is 5.75 Å². The second-order valence-corrected chi connectivity index (χ2v) is 5.55. The molecule has 1 aliphatic rings. The number of benzene rings is 1. The predicted molar refractivity (Wildman–Crippen MR) is 73.2 cm³/mol. The van der Waals surface area contributed by atoms with Crippen molar-refractivity contribution in [3.8, 4) is 0 Å². The first-order valence-electron chi connectivity index (χ1n) is 6.07. The van der Waals surface area contributed by atoms with Crippen molar-refractivity contribution in [3.63, 3.8) is 0 Å². The number of thioether (sulfide) groups is 1. The van der Waals surface area contributed by atoms with Crippen LogP contribution in [0.2, 0.25) is 0 Å². The normalized spacial score (nSPS) is 18.1. The number of carbonyl (C=O) groups is 1. The minimum Gasteiger partial charge on any atom is -0.394 e. The Kier molecular flexibility index (Phi) is 4.46. The van der Waals surface area contributed by atoms with Crippen molar-refractivity contribution in [3.05, 3.63) is 23.8 Å². The lowest BCUT2D eigenvalue weighted by molar-refractivity contribution is -0.116. The Morgan fingerprint density at radius 2 is 2.16 bits per heavy atom. The van der Waals surface area contributed by atoms with E-state index < -0.39 is 12.2 Å².